The van der Waals surface area contributed by atoms with Gasteiger partial charge in [0.1, 0.15) is 0 Å². The number of hydroxylamine groups is 4. The van der Waals surface area contributed by atoms with E-state index in [4.69, 9.17) is 9.47 Å². The van der Waals surface area contributed by atoms with Gasteiger partial charge in [-0.25, -0.2) is 0 Å². The first kappa shape index (κ1) is 18.3. The van der Waals surface area contributed by atoms with Gasteiger partial charge in [-0.1, -0.05) is 0 Å². The summed E-state index contributed by atoms with van der Waals surface area (Å²) in [5.74, 6) is 0. The van der Waals surface area contributed by atoms with E-state index in [9.17, 15) is 20.5 Å². The third kappa shape index (κ3) is 6.94. The quantitative estimate of drug-likeness (QED) is 0.462. The minimum absolute atomic E-state index is 0.0465. The molecule has 2 saturated heterocycles. The van der Waals surface area contributed by atoms with E-state index < -0.39 is 11.2 Å². The maximum atomic E-state index is 11.1. The molecule has 0 bridgehead atoms. The van der Waals surface area contributed by atoms with Crippen LogP contribution in [0.15, 0.2) is 0 Å². The molecule has 0 unspecified atom stereocenters. The second-order valence-electron chi connectivity index (χ2n) is 5.87. The predicted octanol–water partition coefficient (Wildman–Crippen LogP) is 0.521. The molecule has 10 nitrogen and oxygen atoms in total. The maximum absolute atomic E-state index is 11.1. The van der Waals surface area contributed by atoms with Gasteiger partial charge in [0.25, 0.3) is 5.09 Å². The highest BCUT2D eigenvalue weighted by atomic mass is 17.0. The first-order valence-corrected chi connectivity index (χ1v) is 7.91. The summed E-state index contributed by atoms with van der Waals surface area (Å²) in [7, 11) is 0. The Hall–Kier alpha value is -1.04. The highest BCUT2D eigenvalue weighted by Crippen LogP contribution is 2.15. The van der Waals surface area contributed by atoms with Crippen molar-refractivity contribution < 1.29 is 19.4 Å². The SMILES string of the molecule is O=[N+]([O-])OC(COC1CCN([O-])CC1)COC1CCN([O-])CC1. The molecular weight excluding hydrogens is 310 g/mol. The zero-order chi connectivity index (χ0) is 16.7. The molecule has 2 fully saturated rings. The van der Waals surface area contributed by atoms with Crippen molar-refractivity contribution in [3.05, 3.63) is 20.5 Å². The molecule has 0 saturated carbocycles. The Morgan fingerprint density at radius 2 is 1.30 bits per heavy atom. The summed E-state index contributed by atoms with van der Waals surface area (Å²) < 4.78 is 11.2. The van der Waals surface area contributed by atoms with Crippen molar-refractivity contribution in [1.29, 1.82) is 0 Å². The number of piperidine rings is 2. The van der Waals surface area contributed by atoms with Crippen LogP contribution in [0.1, 0.15) is 25.7 Å². The van der Waals surface area contributed by atoms with E-state index in [-0.39, 0.29) is 25.4 Å². The van der Waals surface area contributed by atoms with Crippen LogP contribution in [0, 0.1) is 20.5 Å². The average molecular weight is 333 g/mol. The molecule has 23 heavy (non-hydrogen) atoms. The predicted molar refractivity (Wildman–Crippen MR) is 79.7 cm³/mol. The van der Waals surface area contributed by atoms with Crippen LogP contribution in [0.5, 0.6) is 0 Å². The first-order chi connectivity index (χ1) is 11.0. The van der Waals surface area contributed by atoms with E-state index in [0.717, 1.165) is 10.1 Å². The summed E-state index contributed by atoms with van der Waals surface area (Å²) in [5, 5.41) is 33.9. The second kappa shape index (κ2) is 9.30. The molecule has 2 aliphatic rings. The van der Waals surface area contributed by atoms with Crippen LogP contribution in [0.4, 0.5) is 0 Å². The molecule has 0 atom stereocenters. The molecule has 0 aliphatic carbocycles. The van der Waals surface area contributed by atoms with E-state index in [1.165, 1.54) is 0 Å². The average Bonchev–Trinajstić information content (AvgIpc) is 2.52. The largest absolute Gasteiger partial charge is 0.785 e. The lowest BCUT2D eigenvalue weighted by atomic mass is 10.1. The summed E-state index contributed by atoms with van der Waals surface area (Å²) in [6, 6.07) is 0. The van der Waals surface area contributed by atoms with Gasteiger partial charge in [-0.15, -0.1) is 10.1 Å². The van der Waals surface area contributed by atoms with Gasteiger partial charge >= 0.3 is 0 Å². The minimum atomic E-state index is -0.849. The molecule has 2 aliphatic heterocycles. The Balaban J connectivity index is 1.69. The van der Waals surface area contributed by atoms with Crippen LogP contribution in [-0.4, -0.2) is 72.9 Å². The number of hydrogen-bond acceptors (Lipinski definition) is 9. The van der Waals surface area contributed by atoms with Crippen LogP contribution in [0.3, 0.4) is 0 Å². The maximum Gasteiger partial charge on any atom is 0.294 e. The van der Waals surface area contributed by atoms with E-state index >= 15 is 0 Å². The number of nitrogens with zero attached hydrogens (tertiary/aromatic N) is 3. The Bertz CT molecular complexity index is 331. The number of hydrogen-bond donors (Lipinski definition) is 0. The molecule has 134 valence electrons. The van der Waals surface area contributed by atoms with Crippen molar-refractivity contribution >= 4 is 0 Å². The van der Waals surface area contributed by atoms with Crippen molar-refractivity contribution in [1.82, 2.24) is 10.1 Å². The lowest BCUT2D eigenvalue weighted by Gasteiger charge is -2.37. The fourth-order valence-corrected chi connectivity index (χ4v) is 2.72. The molecule has 0 aromatic carbocycles. The van der Waals surface area contributed by atoms with Gasteiger partial charge in [0.15, 0.2) is 6.10 Å². The van der Waals surface area contributed by atoms with E-state index in [2.05, 4.69) is 4.84 Å². The van der Waals surface area contributed by atoms with Crippen molar-refractivity contribution in [2.45, 2.75) is 44.0 Å². The molecule has 10 heteroatoms. The molecule has 0 spiro atoms. The van der Waals surface area contributed by atoms with Crippen molar-refractivity contribution in [2.75, 3.05) is 39.4 Å². The topological polar surface area (TPSA) is 123 Å². The summed E-state index contributed by atoms with van der Waals surface area (Å²) in [5.41, 5.74) is 0. The molecule has 2 rings (SSSR count). The smallest absolute Gasteiger partial charge is 0.294 e. The lowest BCUT2D eigenvalue weighted by molar-refractivity contribution is -0.769. The zero-order valence-corrected chi connectivity index (χ0v) is 13.0. The van der Waals surface area contributed by atoms with Gasteiger partial charge in [-0.3, -0.25) is 0 Å². The van der Waals surface area contributed by atoms with E-state index in [0.29, 0.717) is 51.9 Å². The number of ether oxygens (including phenoxy) is 2. The van der Waals surface area contributed by atoms with Gasteiger partial charge in [-0.05, 0) is 51.9 Å². The Kier molecular flexibility index (Phi) is 7.40. The molecule has 2 heterocycles. The van der Waals surface area contributed by atoms with Crippen LogP contribution < -0.4 is 0 Å². The Morgan fingerprint density at radius 1 is 0.913 bits per heavy atom. The van der Waals surface area contributed by atoms with Gasteiger partial charge in [0, 0.05) is 0 Å². The summed E-state index contributed by atoms with van der Waals surface area (Å²) in [6.45, 7) is 1.74. The fourth-order valence-electron chi connectivity index (χ4n) is 2.72. The van der Waals surface area contributed by atoms with Crippen LogP contribution in [0.2, 0.25) is 0 Å². The summed E-state index contributed by atoms with van der Waals surface area (Å²) in [6.07, 6.45) is 1.47. The van der Waals surface area contributed by atoms with Gasteiger partial charge < -0.3 is 34.9 Å². The molecule has 0 aromatic rings. The van der Waals surface area contributed by atoms with Gasteiger partial charge in [0.05, 0.1) is 25.4 Å². The Labute approximate surface area is 134 Å². The second-order valence-corrected chi connectivity index (χ2v) is 5.87. The van der Waals surface area contributed by atoms with Crippen LogP contribution in [0.25, 0.3) is 0 Å². The summed E-state index contributed by atoms with van der Waals surface area (Å²) in [4.78, 5) is 15.2. The monoisotopic (exact) mass is 333 g/mol. The third-order valence-electron chi connectivity index (χ3n) is 4.07. The van der Waals surface area contributed by atoms with Crippen molar-refractivity contribution in [3.8, 4) is 0 Å². The molecule has 0 N–H and O–H groups in total. The third-order valence-corrected chi connectivity index (χ3v) is 4.07. The lowest BCUT2D eigenvalue weighted by Crippen LogP contribution is -2.38. The highest BCUT2D eigenvalue weighted by Gasteiger charge is 2.22. The van der Waals surface area contributed by atoms with Gasteiger partial charge in [-0.2, -0.15) is 0 Å². The van der Waals surface area contributed by atoms with Crippen LogP contribution >= 0.6 is 0 Å². The standard InChI is InChI=1S/C13H23N3O7/c17-14-5-1-11(2-6-14)21-9-13(23-16(19)20)10-22-12-3-7-15(18)8-4-12/h11-13H,1-10H2/q-2. The molecule has 0 aromatic heterocycles. The van der Waals surface area contributed by atoms with E-state index in [1.54, 1.807) is 0 Å². The molecular formula is C13H23N3O7-2. The van der Waals surface area contributed by atoms with Crippen LogP contribution in [-0.2, 0) is 14.3 Å². The normalized spacial score (nSPS) is 22.6. The zero-order valence-electron chi connectivity index (χ0n) is 13.0. The van der Waals surface area contributed by atoms with Crippen molar-refractivity contribution in [2.24, 2.45) is 0 Å². The Morgan fingerprint density at radius 3 is 1.65 bits per heavy atom. The fraction of sp³-hybridized carbons (Fsp3) is 1.00. The van der Waals surface area contributed by atoms with E-state index in [1.807, 2.05) is 0 Å². The van der Waals surface area contributed by atoms with Crippen molar-refractivity contribution in [3.63, 3.8) is 0 Å². The number of rotatable bonds is 8. The molecule has 0 amide bonds. The molecule has 0 radical (unpaired) electrons. The highest BCUT2D eigenvalue weighted by molar-refractivity contribution is 4.74. The summed E-state index contributed by atoms with van der Waals surface area (Å²) >= 11 is 0. The van der Waals surface area contributed by atoms with Gasteiger partial charge in [0.2, 0.25) is 0 Å². The minimum Gasteiger partial charge on any atom is -0.785 e. The first-order valence-electron chi connectivity index (χ1n) is 7.91.